The van der Waals surface area contributed by atoms with Crippen molar-refractivity contribution in [2.75, 3.05) is 10.6 Å². The molecule has 1 heterocycles. The Kier molecular flexibility index (Phi) is 4.55. The van der Waals surface area contributed by atoms with Crippen LogP contribution in [0.15, 0.2) is 53.9 Å². The van der Waals surface area contributed by atoms with Gasteiger partial charge in [0, 0.05) is 21.8 Å². The summed E-state index contributed by atoms with van der Waals surface area (Å²) < 4.78 is 13.1. The summed E-state index contributed by atoms with van der Waals surface area (Å²) in [6.45, 7) is 0. The minimum atomic E-state index is -0.413. The molecular weight excluding hydrogens is 337 g/mol. The molecule has 2 aromatic carbocycles. The number of halogens is 2. The van der Waals surface area contributed by atoms with Crippen LogP contribution in [0.3, 0.4) is 0 Å². The lowest BCUT2D eigenvalue weighted by Crippen LogP contribution is -2.12. The number of anilines is 3. The molecule has 1 amide bonds. The molecule has 3 rings (SSSR count). The summed E-state index contributed by atoms with van der Waals surface area (Å²) in [5.41, 5.74) is 1.42. The molecule has 4 nitrogen and oxygen atoms in total. The Hall–Kier alpha value is -2.44. The molecule has 0 unspecified atom stereocenters. The maximum absolute atomic E-state index is 13.1. The minimum absolute atomic E-state index is 0.254. The molecule has 0 aliphatic heterocycles. The van der Waals surface area contributed by atoms with Gasteiger partial charge in [-0.05, 0) is 36.4 Å². The van der Waals surface area contributed by atoms with E-state index in [0.29, 0.717) is 15.8 Å². The molecule has 0 bridgehead atoms. The third-order valence-corrected chi connectivity index (χ3v) is 3.89. The second-order valence-electron chi connectivity index (χ2n) is 4.64. The highest BCUT2D eigenvalue weighted by Crippen LogP contribution is 2.23. The van der Waals surface area contributed by atoms with Gasteiger partial charge in [0.15, 0.2) is 5.13 Å². The SMILES string of the molecule is O=C(Nc1cccc(F)c1)c1csc(Nc2cccc(Cl)c2)n1. The molecule has 23 heavy (non-hydrogen) atoms. The van der Waals surface area contributed by atoms with Gasteiger partial charge in [-0.1, -0.05) is 23.7 Å². The quantitative estimate of drug-likeness (QED) is 0.703. The molecule has 3 aromatic rings. The van der Waals surface area contributed by atoms with E-state index in [9.17, 15) is 9.18 Å². The molecule has 0 radical (unpaired) electrons. The first-order chi connectivity index (χ1) is 11.1. The topological polar surface area (TPSA) is 54.0 Å². The average Bonchev–Trinajstić information content (AvgIpc) is 2.96. The fourth-order valence-electron chi connectivity index (χ4n) is 1.89. The van der Waals surface area contributed by atoms with Crippen LogP contribution < -0.4 is 10.6 Å². The van der Waals surface area contributed by atoms with Gasteiger partial charge in [0.1, 0.15) is 11.5 Å². The van der Waals surface area contributed by atoms with Crippen LogP contribution in [-0.2, 0) is 0 Å². The molecule has 0 aliphatic carbocycles. The Morgan fingerprint density at radius 3 is 2.70 bits per heavy atom. The van der Waals surface area contributed by atoms with Crippen molar-refractivity contribution in [2.24, 2.45) is 0 Å². The summed E-state index contributed by atoms with van der Waals surface area (Å²) in [7, 11) is 0. The molecule has 1 aromatic heterocycles. The first-order valence-corrected chi connectivity index (χ1v) is 7.91. The molecule has 0 saturated heterocycles. The molecule has 7 heteroatoms. The van der Waals surface area contributed by atoms with Crippen molar-refractivity contribution in [3.05, 3.63) is 70.4 Å². The monoisotopic (exact) mass is 347 g/mol. The largest absolute Gasteiger partial charge is 0.331 e. The van der Waals surface area contributed by atoms with Gasteiger partial charge < -0.3 is 10.6 Å². The fraction of sp³-hybridized carbons (Fsp3) is 0. The van der Waals surface area contributed by atoms with Gasteiger partial charge in [-0.15, -0.1) is 11.3 Å². The van der Waals surface area contributed by atoms with Crippen LogP contribution in [0, 0.1) is 5.82 Å². The zero-order valence-electron chi connectivity index (χ0n) is 11.7. The zero-order valence-corrected chi connectivity index (χ0v) is 13.3. The van der Waals surface area contributed by atoms with E-state index >= 15 is 0 Å². The summed E-state index contributed by atoms with van der Waals surface area (Å²) >= 11 is 7.21. The lowest BCUT2D eigenvalue weighted by atomic mass is 10.3. The number of rotatable bonds is 4. The van der Waals surface area contributed by atoms with Crippen LogP contribution in [0.2, 0.25) is 5.02 Å². The molecule has 0 aliphatic rings. The van der Waals surface area contributed by atoms with Crippen molar-refractivity contribution in [1.82, 2.24) is 4.98 Å². The van der Waals surface area contributed by atoms with Crippen LogP contribution in [0.25, 0.3) is 0 Å². The maximum Gasteiger partial charge on any atom is 0.275 e. The number of amides is 1. The minimum Gasteiger partial charge on any atom is -0.331 e. The number of nitrogens with one attached hydrogen (secondary N) is 2. The Balaban J connectivity index is 1.70. The first kappa shape index (κ1) is 15.5. The van der Waals surface area contributed by atoms with E-state index in [1.165, 1.54) is 29.5 Å². The number of aromatic nitrogens is 1. The Morgan fingerprint density at radius 2 is 1.91 bits per heavy atom. The van der Waals surface area contributed by atoms with Crippen LogP contribution in [-0.4, -0.2) is 10.9 Å². The zero-order chi connectivity index (χ0) is 16.2. The highest BCUT2D eigenvalue weighted by atomic mass is 35.5. The number of hydrogen-bond acceptors (Lipinski definition) is 4. The van der Waals surface area contributed by atoms with Crippen LogP contribution in [0.1, 0.15) is 10.5 Å². The second kappa shape index (κ2) is 6.76. The maximum atomic E-state index is 13.1. The normalized spacial score (nSPS) is 10.3. The van der Waals surface area contributed by atoms with Crippen LogP contribution >= 0.6 is 22.9 Å². The van der Waals surface area contributed by atoms with Crippen molar-refractivity contribution in [3.63, 3.8) is 0 Å². The lowest BCUT2D eigenvalue weighted by Gasteiger charge is -2.03. The third-order valence-electron chi connectivity index (χ3n) is 2.90. The van der Waals surface area contributed by atoms with Crippen molar-refractivity contribution < 1.29 is 9.18 Å². The summed E-state index contributed by atoms with van der Waals surface area (Å²) in [6.07, 6.45) is 0. The highest BCUT2D eigenvalue weighted by Gasteiger charge is 2.11. The number of nitrogens with zero attached hydrogens (tertiary/aromatic N) is 1. The predicted octanol–water partition coefficient (Wildman–Crippen LogP) is 4.93. The first-order valence-electron chi connectivity index (χ1n) is 6.65. The number of carbonyl (C=O) groups excluding carboxylic acids is 1. The van der Waals surface area contributed by atoms with Crippen molar-refractivity contribution in [1.29, 1.82) is 0 Å². The summed E-state index contributed by atoms with van der Waals surface area (Å²) in [6, 6.07) is 12.9. The molecular formula is C16H11ClFN3OS. The van der Waals surface area contributed by atoms with Crippen molar-refractivity contribution in [3.8, 4) is 0 Å². The van der Waals surface area contributed by atoms with Crippen LogP contribution in [0.4, 0.5) is 20.9 Å². The average molecular weight is 348 g/mol. The van der Waals surface area contributed by atoms with E-state index in [-0.39, 0.29) is 5.69 Å². The lowest BCUT2D eigenvalue weighted by molar-refractivity contribution is 0.102. The molecule has 116 valence electrons. The van der Waals surface area contributed by atoms with E-state index in [2.05, 4.69) is 15.6 Å². The van der Waals surface area contributed by atoms with E-state index in [0.717, 1.165) is 5.69 Å². The van der Waals surface area contributed by atoms with Gasteiger partial charge in [0.25, 0.3) is 5.91 Å². The summed E-state index contributed by atoms with van der Waals surface area (Å²) in [5, 5.41) is 8.48. The fourth-order valence-corrected chi connectivity index (χ4v) is 2.79. The molecule has 0 atom stereocenters. The summed E-state index contributed by atoms with van der Waals surface area (Å²) in [4.78, 5) is 16.3. The molecule has 0 saturated carbocycles. The smallest absolute Gasteiger partial charge is 0.275 e. The van der Waals surface area contributed by atoms with Gasteiger partial charge in [-0.3, -0.25) is 4.79 Å². The van der Waals surface area contributed by atoms with Gasteiger partial charge in [-0.2, -0.15) is 0 Å². The molecule has 0 fully saturated rings. The molecule has 2 N–H and O–H groups in total. The van der Waals surface area contributed by atoms with E-state index in [1.807, 2.05) is 12.1 Å². The Morgan fingerprint density at radius 1 is 1.13 bits per heavy atom. The van der Waals surface area contributed by atoms with E-state index in [1.54, 1.807) is 23.6 Å². The third kappa shape index (κ3) is 4.06. The van der Waals surface area contributed by atoms with E-state index in [4.69, 9.17) is 11.6 Å². The Labute approximate surface area is 141 Å². The van der Waals surface area contributed by atoms with Gasteiger partial charge >= 0.3 is 0 Å². The second-order valence-corrected chi connectivity index (χ2v) is 5.93. The van der Waals surface area contributed by atoms with Crippen molar-refractivity contribution >= 4 is 45.4 Å². The highest BCUT2D eigenvalue weighted by molar-refractivity contribution is 7.14. The van der Waals surface area contributed by atoms with Gasteiger partial charge in [0.2, 0.25) is 0 Å². The van der Waals surface area contributed by atoms with Crippen molar-refractivity contribution in [2.45, 2.75) is 0 Å². The van der Waals surface area contributed by atoms with Gasteiger partial charge in [0.05, 0.1) is 0 Å². The Bertz CT molecular complexity index is 853. The van der Waals surface area contributed by atoms with E-state index < -0.39 is 11.7 Å². The number of carbonyl (C=O) groups is 1. The number of benzene rings is 2. The summed E-state index contributed by atoms with van der Waals surface area (Å²) in [5.74, 6) is -0.810. The van der Waals surface area contributed by atoms with Gasteiger partial charge in [-0.25, -0.2) is 9.37 Å². The van der Waals surface area contributed by atoms with Crippen LogP contribution in [0.5, 0.6) is 0 Å². The number of thiazole rings is 1. The molecule has 0 spiro atoms. The predicted molar refractivity (Wildman–Crippen MR) is 91.2 cm³/mol. The number of hydrogen-bond donors (Lipinski definition) is 2. The standard InChI is InChI=1S/C16H11ClFN3OS/c17-10-3-1-5-12(7-10)20-16-21-14(9-23-16)15(22)19-13-6-2-4-11(18)8-13/h1-9H,(H,19,22)(H,20,21).